The number of hydrogen-bond donors (Lipinski definition) is 1. The number of sulfonamides is 1. The number of hydrogen-bond acceptors (Lipinski definition) is 7. The van der Waals surface area contributed by atoms with Crippen LogP contribution in [0.1, 0.15) is 61.0 Å². The molecule has 1 aliphatic carbocycles. The van der Waals surface area contributed by atoms with Gasteiger partial charge in [-0.1, -0.05) is 49.6 Å². The minimum Gasteiger partial charge on any atom is -0.477 e. The van der Waals surface area contributed by atoms with E-state index in [9.17, 15) is 23.1 Å². The fourth-order valence-electron chi connectivity index (χ4n) is 6.58. The third kappa shape index (κ3) is 5.69. The van der Waals surface area contributed by atoms with Crippen molar-refractivity contribution in [3.63, 3.8) is 0 Å². The molecule has 0 spiro atoms. The molecule has 2 aromatic heterocycles. The number of piperazine rings is 1. The first-order valence-corrected chi connectivity index (χ1v) is 17.0. The molecule has 6 rings (SSSR count). The Labute approximate surface area is 250 Å². The second-order valence-corrected chi connectivity index (χ2v) is 14.4. The number of benzene rings is 1. The summed E-state index contributed by atoms with van der Waals surface area (Å²) in [7, 11) is -3.99. The van der Waals surface area contributed by atoms with Crippen molar-refractivity contribution in [1.82, 2.24) is 9.29 Å². The molecular weight excluding hydrogens is 572 g/mol. The standard InChI is InChI=1S/C31H36N4O5S2/c36-29-21-34(42(39,40)24-14-15-28(32-19-24)33-16-8-3-9-17-33)20-26(22-10-4-1-5-11-22)35(29)25-18-27(41-30(25)31(37)38)23-12-6-2-7-13-23/h2,6-7,12-15,18-19,22,26H,1,3-5,8-11,16-17,20-21H2,(H,37,38)/t26-/m0/s1. The number of thiophene rings is 1. The van der Waals surface area contributed by atoms with Crippen LogP contribution in [0, 0.1) is 5.92 Å². The van der Waals surface area contributed by atoms with E-state index >= 15 is 0 Å². The second kappa shape index (κ2) is 12.1. The number of anilines is 2. The number of aromatic nitrogens is 1. The van der Waals surface area contributed by atoms with E-state index in [-0.39, 0.29) is 28.8 Å². The number of aromatic carboxylic acids is 1. The predicted molar refractivity (Wildman–Crippen MR) is 164 cm³/mol. The zero-order valence-corrected chi connectivity index (χ0v) is 25.2. The summed E-state index contributed by atoms with van der Waals surface area (Å²) >= 11 is 1.14. The SMILES string of the molecule is O=C(O)c1sc(-c2ccccc2)cc1N1C(=O)CN(S(=O)(=O)c2ccc(N3CCCCC3)nc2)C[C@H]1C1CCCCC1. The van der Waals surface area contributed by atoms with Crippen molar-refractivity contribution in [2.24, 2.45) is 5.92 Å². The molecule has 2 saturated heterocycles. The van der Waals surface area contributed by atoms with E-state index in [0.717, 1.165) is 85.6 Å². The predicted octanol–water partition coefficient (Wildman–Crippen LogP) is 5.49. The molecule has 0 bridgehead atoms. The molecule has 1 aromatic carbocycles. The highest BCUT2D eigenvalue weighted by atomic mass is 32.2. The van der Waals surface area contributed by atoms with Crippen molar-refractivity contribution in [2.75, 3.05) is 36.0 Å². The smallest absolute Gasteiger partial charge is 0.348 e. The number of carboxylic acids is 1. The van der Waals surface area contributed by atoms with E-state index in [2.05, 4.69) is 9.88 Å². The van der Waals surface area contributed by atoms with Gasteiger partial charge in [-0.05, 0) is 61.8 Å². The van der Waals surface area contributed by atoms with Crippen LogP contribution in [0.4, 0.5) is 11.5 Å². The lowest BCUT2D eigenvalue weighted by molar-refractivity contribution is -0.121. The Morgan fingerprint density at radius 3 is 2.33 bits per heavy atom. The average molecular weight is 609 g/mol. The number of carbonyl (C=O) groups is 2. The first-order valence-electron chi connectivity index (χ1n) is 14.8. The van der Waals surface area contributed by atoms with Crippen LogP contribution in [0.25, 0.3) is 10.4 Å². The molecule has 4 heterocycles. The van der Waals surface area contributed by atoms with Gasteiger partial charge in [0.15, 0.2) is 0 Å². The van der Waals surface area contributed by atoms with E-state index in [1.54, 1.807) is 23.1 Å². The van der Waals surface area contributed by atoms with Crippen LogP contribution in [-0.2, 0) is 14.8 Å². The lowest BCUT2D eigenvalue weighted by Gasteiger charge is -2.44. The maximum absolute atomic E-state index is 13.9. The molecule has 1 saturated carbocycles. The molecule has 11 heteroatoms. The summed E-state index contributed by atoms with van der Waals surface area (Å²) in [6.07, 6.45) is 9.63. The van der Waals surface area contributed by atoms with Crippen molar-refractivity contribution in [1.29, 1.82) is 0 Å². The molecule has 42 heavy (non-hydrogen) atoms. The van der Waals surface area contributed by atoms with Crippen molar-refractivity contribution in [3.05, 3.63) is 59.6 Å². The Hall–Kier alpha value is -3.28. The van der Waals surface area contributed by atoms with Crippen LogP contribution in [0.2, 0.25) is 0 Å². The molecule has 3 fully saturated rings. The summed E-state index contributed by atoms with van der Waals surface area (Å²) in [5.41, 5.74) is 1.23. The number of pyridine rings is 1. The van der Waals surface area contributed by atoms with E-state index in [0.29, 0.717) is 5.69 Å². The van der Waals surface area contributed by atoms with Gasteiger partial charge in [0.2, 0.25) is 15.9 Å². The minimum absolute atomic E-state index is 0.0695. The van der Waals surface area contributed by atoms with Gasteiger partial charge in [0, 0.05) is 30.7 Å². The maximum atomic E-state index is 13.9. The van der Waals surface area contributed by atoms with Gasteiger partial charge in [0.25, 0.3) is 0 Å². The molecule has 2 aliphatic heterocycles. The van der Waals surface area contributed by atoms with Crippen LogP contribution in [-0.4, -0.2) is 66.9 Å². The van der Waals surface area contributed by atoms with Gasteiger partial charge in [0.1, 0.15) is 15.6 Å². The molecule has 3 aromatic rings. The van der Waals surface area contributed by atoms with Crippen molar-refractivity contribution in [2.45, 2.75) is 62.3 Å². The van der Waals surface area contributed by atoms with Gasteiger partial charge < -0.3 is 14.9 Å². The number of amides is 1. The quantitative estimate of drug-likeness (QED) is 0.378. The highest BCUT2D eigenvalue weighted by Gasteiger charge is 2.44. The van der Waals surface area contributed by atoms with E-state index in [4.69, 9.17) is 0 Å². The third-order valence-corrected chi connectivity index (χ3v) is 11.7. The summed E-state index contributed by atoms with van der Waals surface area (Å²) in [5, 5.41) is 10.1. The number of rotatable bonds is 7. The third-order valence-electron chi connectivity index (χ3n) is 8.76. The lowest BCUT2D eigenvalue weighted by atomic mass is 9.82. The molecule has 1 atom stereocenters. The summed E-state index contributed by atoms with van der Waals surface area (Å²) in [6.45, 7) is 1.58. The Morgan fingerprint density at radius 2 is 1.67 bits per heavy atom. The molecule has 222 valence electrons. The Balaban J connectivity index is 1.33. The largest absolute Gasteiger partial charge is 0.477 e. The lowest BCUT2D eigenvalue weighted by Crippen LogP contribution is -2.60. The fourth-order valence-corrected chi connectivity index (χ4v) is 8.93. The average Bonchev–Trinajstić information content (AvgIpc) is 3.47. The highest BCUT2D eigenvalue weighted by molar-refractivity contribution is 7.89. The molecule has 0 radical (unpaired) electrons. The number of carbonyl (C=O) groups excluding carboxylic acids is 1. The van der Waals surface area contributed by atoms with Crippen molar-refractivity contribution < 1.29 is 23.1 Å². The minimum atomic E-state index is -3.99. The second-order valence-electron chi connectivity index (χ2n) is 11.4. The van der Waals surface area contributed by atoms with Crippen LogP contribution >= 0.6 is 11.3 Å². The van der Waals surface area contributed by atoms with E-state index in [1.807, 2.05) is 30.3 Å². The first-order chi connectivity index (χ1) is 20.3. The molecule has 9 nitrogen and oxygen atoms in total. The van der Waals surface area contributed by atoms with Crippen LogP contribution in [0.15, 0.2) is 59.6 Å². The monoisotopic (exact) mass is 608 g/mol. The Morgan fingerprint density at radius 1 is 0.952 bits per heavy atom. The molecule has 1 N–H and O–H groups in total. The molecule has 3 aliphatic rings. The topological polar surface area (TPSA) is 111 Å². The summed E-state index contributed by atoms with van der Waals surface area (Å²) < 4.78 is 29.0. The van der Waals surface area contributed by atoms with Gasteiger partial charge in [-0.25, -0.2) is 18.2 Å². The van der Waals surface area contributed by atoms with Gasteiger partial charge in [-0.2, -0.15) is 4.31 Å². The zero-order valence-electron chi connectivity index (χ0n) is 23.5. The van der Waals surface area contributed by atoms with Crippen LogP contribution in [0.5, 0.6) is 0 Å². The normalized spacial score (nSPS) is 21.0. The maximum Gasteiger partial charge on any atom is 0.348 e. The van der Waals surface area contributed by atoms with E-state index in [1.165, 1.54) is 16.9 Å². The summed E-state index contributed by atoms with van der Waals surface area (Å²) in [6, 6.07) is 14.2. The van der Waals surface area contributed by atoms with Gasteiger partial charge in [-0.15, -0.1) is 11.3 Å². The van der Waals surface area contributed by atoms with Crippen LogP contribution in [0.3, 0.4) is 0 Å². The molecule has 1 amide bonds. The Kier molecular flexibility index (Phi) is 8.33. The highest BCUT2D eigenvalue weighted by Crippen LogP contribution is 2.42. The van der Waals surface area contributed by atoms with Crippen molar-refractivity contribution >= 4 is 44.7 Å². The van der Waals surface area contributed by atoms with E-state index < -0.39 is 27.9 Å². The summed E-state index contributed by atoms with van der Waals surface area (Å²) in [4.78, 5) is 35.5. The van der Waals surface area contributed by atoms with Gasteiger partial charge in [0.05, 0.1) is 18.3 Å². The number of carboxylic acid groups (broad SMARTS) is 1. The van der Waals surface area contributed by atoms with Gasteiger partial charge >= 0.3 is 5.97 Å². The molecular formula is C31H36N4O5S2. The van der Waals surface area contributed by atoms with Gasteiger partial charge in [-0.3, -0.25) is 4.79 Å². The molecule has 0 unspecified atom stereocenters. The fraction of sp³-hybridized carbons (Fsp3) is 0.452. The first kappa shape index (κ1) is 28.8. The number of piperidine rings is 1. The zero-order chi connectivity index (χ0) is 29.3. The summed E-state index contributed by atoms with van der Waals surface area (Å²) in [5.74, 6) is -0.662. The van der Waals surface area contributed by atoms with Crippen LogP contribution < -0.4 is 9.80 Å². The number of nitrogens with zero attached hydrogens (tertiary/aromatic N) is 4. The van der Waals surface area contributed by atoms with Crippen molar-refractivity contribution in [3.8, 4) is 10.4 Å². The Bertz CT molecular complexity index is 1530.